The first kappa shape index (κ1) is 16.4. The minimum atomic E-state index is -1.39. The third kappa shape index (κ3) is 3.55. The number of amides is 1. The predicted molar refractivity (Wildman–Crippen MR) is 85.1 cm³/mol. The van der Waals surface area contributed by atoms with Gasteiger partial charge in [-0.1, -0.05) is 19.1 Å². The number of benzene rings is 1. The lowest BCUT2D eigenvalue weighted by Gasteiger charge is -2.20. The Hall–Kier alpha value is -1.49. The number of halogens is 2. The van der Waals surface area contributed by atoms with E-state index >= 15 is 0 Å². The molecular weight excluding hydrogens is 298 g/mol. The number of hydrogen-bond acceptors (Lipinski definition) is 2. The van der Waals surface area contributed by atoms with E-state index in [0.29, 0.717) is 29.9 Å². The standard InChI is InChI=1S/C18H24F2N2O/c1-3-16(19)18(23)21-7-13-14-9-22(10-15(13)14)8-12-5-4-11(2)17(20)6-12/h4-6,13-16H,3,7-10H2,1-2H3,(H,21,23). The molecule has 1 aromatic rings. The van der Waals surface area contributed by atoms with Gasteiger partial charge >= 0.3 is 0 Å². The highest BCUT2D eigenvalue weighted by molar-refractivity contribution is 5.80. The topological polar surface area (TPSA) is 32.3 Å². The minimum Gasteiger partial charge on any atom is -0.353 e. The van der Waals surface area contributed by atoms with Crippen molar-refractivity contribution in [2.24, 2.45) is 17.8 Å². The molecule has 3 rings (SSSR count). The van der Waals surface area contributed by atoms with E-state index in [1.807, 2.05) is 12.1 Å². The minimum absolute atomic E-state index is 0.149. The quantitative estimate of drug-likeness (QED) is 0.873. The largest absolute Gasteiger partial charge is 0.353 e. The molecule has 1 amide bonds. The number of piperidine rings is 1. The second-order valence-electron chi connectivity index (χ2n) is 6.89. The Labute approximate surface area is 136 Å². The molecule has 1 aliphatic heterocycles. The van der Waals surface area contributed by atoms with E-state index in [0.717, 1.165) is 25.2 Å². The summed E-state index contributed by atoms with van der Waals surface area (Å²) in [7, 11) is 0. The van der Waals surface area contributed by atoms with Gasteiger partial charge in [0.1, 0.15) is 5.82 Å². The van der Waals surface area contributed by atoms with Crippen LogP contribution in [0.15, 0.2) is 18.2 Å². The SMILES string of the molecule is CCC(F)C(=O)NCC1C2CN(Cc3ccc(C)c(F)c3)CC12. The molecule has 0 aromatic heterocycles. The summed E-state index contributed by atoms with van der Waals surface area (Å²) >= 11 is 0. The van der Waals surface area contributed by atoms with E-state index in [2.05, 4.69) is 10.2 Å². The van der Waals surface area contributed by atoms with E-state index in [4.69, 9.17) is 0 Å². The molecule has 2 fully saturated rings. The Morgan fingerprint density at radius 2 is 2.09 bits per heavy atom. The van der Waals surface area contributed by atoms with Gasteiger partial charge in [0.25, 0.3) is 5.91 Å². The molecule has 3 unspecified atom stereocenters. The maximum atomic E-state index is 13.6. The fraction of sp³-hybridized carbons (Fsp3) is 0.611. The lowest BCUT2D eigenvalue weighted by atomic mass is 10.1. The Morgan fingerprint density at radius 1 is 1.39 bits per heavy atom. The zero-order chi connectivity index (χ0) is 16.6. The van der Waals surface area contributed by atoms with Gasteiger partial charge < -0.3 is 5.32 Å². The Balaban J connectivity index is 1.43. The molecule has 5 heteroatoms. The second-order valence-corrected chi connectivity index (χ2v) is 6.89. The molecule has 126 valence electrons. The van der Waals surface area contributed by atoms with Gasteiger partial charge in [-0.05, 0) is 48.3 Å². The highest BCUT2D eigenvalue weighted by Gasteiger charge is 2.55. The summed E-state index contributed by atoms with van der Waals surface area (Å²) in [6.07, 6.45) is -1.16. The number of nitrogens with zero attached hydrogens (tertiary/aromatic N) is 1. The van der Waals surface area contributed by atoms with Gasteiger partial charge in [0, 0.05) is 26.2 Å². The third-order valence-corrected chi connectivity index (χ3v) is 5.24. The number of fused-ring (bicyclic) bond motifs is 1. The van der Waals surface area contributed by atoms with Crippen LogP contribution in [0.25, 0.3) is 0 Å². The maximum absolute atomic E-state index is 13.6. The highest BCUT2D eigenvalue weighted by Crippen LogP contribution is 2.51. The van der Waals surface area contributed by atoms with Crippen LogP contribution in [-0.2, 0) is 11.3 Å². The van der Waals surface area contributed by atoms with Crippen molar-refractivity contribution in [2.45, 2.75) is 33.0 Å². The van der Waals surface area contributed by atoms with Crippen LogP contribution in [-0.4, -0.2) is 36.6 Å². The Morgan fingerprint density at radius 3 is 2.70 bits per heavy atom. The van der Waals surface area contributed by atoms with Crippen LogP contribution in [0.1, 0.15) is 24.5 Å². The average molecular weight is 322 g/mol. The molecule has 2 aliphatic rings. The molecule has 0 spiro atoms. The first-order valence-corrected chi connectivity index (χ1v) is 8.38. The lowest BCUT2D eigenvalue weighted by molar-refractivity contribution is -0.126. The molecule has 1 aliphatic carbocycles. The summed E-state index contributed by atoms with van der Waals surface area (Å²) in [4.78, 5) is 13.8. The van der Waals surface area contributed by atoms with Crippen molar-refractivity contribution in [2.75, 3.05) is 19.6 Å². The molecule has 1 N–H and O–H groups in total. The van der Waals surface area contributed by atoms with Crippen LogP contribution in [0.4, 0.5) is 8.78 Å². The van der Waals surface area contributed by atoms with Gasteiger partial charge in [-0.25, -0.2) is 8.78 Å². The summed E-state index contributed by atoms with van der Waals surface area (Å²) in [6, 6.07) is 5.41. The molecule has 1 aromatic carbocycles. The van der Waals surface area contributed by atoms with Gasteiger partial charge in [0.05, 0.1) is 0 Å². The average Bonchev–Trinajstić information content (AvgIpc) is 2.99. The van der Waals surface area contributed by atoms with E-state index in [1.165, 1.54) is 0 Å². The summed E-state index contributed by atoms with van der Waals surface area (Å²) < 4.78 is 26.8. The first-order valence-electron chi connectivity index (χ1n) is 8.38. The molecule has 23 heavy (non-hydrogen) atoms. The number of nitrogens with one attached hydrogen (secondary N) is 1. The van der Waals surface area contributed by atoms with Gasteiger partial charge in [0.2, 0.25) is 0 Å². The van der Waals surface area contributed by atoms with E-state index in [-0.39, 0.29) is 12.2 Å². The van der Waals surface area contributed by atoms with Crippen LogP contribution >= 0.6 is 0 Å². The van der Waals surface area contributed by atoms with Gasteiger partial charge in [-0.3, -0.25) is 9.69 Å². The van der Waals surface area contributed by atoms with Crippen molar-refractivity contribution in [1.82, 2.24) is 10.2 Å². The smallest absolute Gasteiger partial charge is 0.254 e. The molecule has 0 radical (unpaired) electrons. The number of carbonyl (C=O) groups excluding carboxylic acids is 1. The van der Waals surface area contributed by atoms with Crippen molar-refractivity contribution in [3.05, 3.63) is 35.1 Å². The highest BCUT2D eigenvalue weighted by atomic mass is 19.1. The molecular formula is C18H24F2N2O. The zero-order valence-corrected chi connectivity index (χ0v) is 13.7. The molecule has 1 saturated heterocycles. The summed E-state index contributed by atoms with van der Waals surface area (Å²) in [5.74, 6) is 1.03. The molecule has 1 saturated carbocycles. The Kier molecular flexibility index (Phi) is 4.67. The van der Waals surface area contributed by atoms with E-state index in [9.17, 15) is 13.6 Å². The third-order valence-electron chi connectivity index (χ3n) is 5.24. The molecule has 3 atom stereocenters. The van der Waals surface area contributed by atoms with E-state index in [1.54, 1.807) is 19.9 Å². The number of carbonyl (C=O) groups is 1. The second kappa shape index (κ2) is 6.56. The predicted octanol–water partition coefficient (Wildman–Crippen LogP) is 2.68. The van der Waals surface area contributed by atoms with Crippen LogP contribution in [0.3, 0.4) is 0 Å². The number of rotatable bonds is 6. The monoisotopic (exact) mass is 322 g/mol. The summed E-state index contributed by atoms with van der Waals surface area (Å²) in [6.45, 7) is 6.75. The van der Waals surface area contributed by atoms with E-state index < -0.39 is 12.1 Å². The molecule has 1 heterocycles. The van der Waals surface area contributed by atoms with Crippen LogP contribution in [0.2, 0.25) is 0 Å². The van der Waals surface area contributed by atoms with Crippen LogP contribution in [0, 0.1) is 30.5 Å². The van der Waals surface area contributed by atoms with Crippen molar-refractivity contribution < 1.29 is 13.6 Å². The lowest BCUT2D eigenvalue weighted by Crippen LogP contribution is -2.35. The normalized spacial score (nSPS) is 27.6. The molecule has 0 bridgehead atoms. The number of aryl methyl sites for hydroxylation is 1. The van der Waals surface area contributed by atoms with Crippen molar-refractivity contribution >= 4 is 5.91 Å². The number of likely N-dealkylation sites (tertiary alicyclic amines) is 1. The zero-order valence-electron chi connectivity index (χ0n) is 13.7. The van der Waals surface area contributed by atoms with Crippen molar-refractivity contribution in [3.8, 4) is 0 Å². The van der Waals surface area contributed by atoms with Gasteiger partial charge in [0.15, 0.2) is 6.17 Å². The molecule has 3 nitrogen and oxygen atoms in total. The van der Waals surface area contributed by atoms with Gasteiger partial charge in [-0.2, -0.15) is 0 Å². The Bertz CT molecular complexity index is 580. The summed E-state index contributed by atoms with van der Waals surface area (Å²) in [5, 5.41) is 2.72. The van der Waals surface area contributed by atoms with Gasteiger partial charge in [-0.15, -0.1) is 0 Å². The first-order chi connectivity index (χ1) is 11.0. The summed E-state index contributed by atoms with van der Waals surface area (Å²) in [5.41, 5.74) is 1.68. The number of alkyl halides is 1. The van der Waals surface area contributed by atoms with Crippen LogP contribution < -0.4 is 5.32 Å². The van der Waals surface area contributed by atoms with Crippen LogP contribution in [0.5, 0.6) is 0 Å². The fourth-order valence-electron chi connectivity index (χ4n) is 3.68. The fourth-order valence-corrected chi connectivity index (χ4v) is 3.68. The van der Waals surface area contributed by atoms with Crippen molar-refractivity contribution in [3.63, 3.8) is 0 Å². The maximum Gasteiger partial charge on any atom is 0.254 e. The number of hydrogen-bond donors (Lipinski definition) is 1. The van der Waals surface area contributed by atoms with Crippen molar-refractivity contribution in [1.29, 1.82) is 0 Å².